The number of carboxylic acids is 1. The highest BCUT2D eigenvalue weighted by Crippen LogP contribution is 2.35. The van der Waals surface area contributed by atoms with Crippen LogP contribution in [0.3, 0.4) is 0 Å². The molecule has 1 aromatic heterocycles. The first kappa shape index (κ1) is 20.4. The zero-order valence-electron chi connectivity index (χ0n) is 15.6. The smallest absolute Gasteiger partial charge is 0.335 e. The molecular weight excluding hydrogens is 392 g/mol. The summed E-state index contributed by atoms with van der Waals surface area (Å²) >= 11 is 6.23. The molecule has 0 aliphatic heterocycles. The second-order valence-corrected chi connectivity index (χ2v) is 6.67. The van der Waals surface area contributed by atoms with Crippen LogP contribution < -0.4 is 10.1 Å². The van der Waals surface area contributed by atoms with E-state index in [-0.39, 0.29) is 18.0 Å². The van der Waals surface area contributed by atoms with Crippen LogP contribution in [-0.4, -0.2) is 22.0 Å². The predicted molar refractivity (Wildman–Crippen MR) is 110 cm³/mol. The van der Waals surface area contributed by atoms with E-state index in [9.17, 15) is 14.7 Å². The molecule has 1 unspecified atom stereocenters. The van der Waals surface area contributed by atoms with Gasteiger partial charge in [0.15, 0.2) is 0 Å². The first-order valence-corrected chi connectivity index (χ1v) is 9.36. The fourth-order valence-electron chi connectivity index (χ4n) is 2.79. The Labute approximate surface area is 173 Å². The van der Waals surface area contributed by atoms with Crippen molar-refractivity contribution in [1.29, 1.82) is 0 Å². The van der Waals surface area contributed by atoms with Gasteiger partial charge in [-0.25, -0.2) is 9.78 Å². The van der Waals surface area contributed by atoms with Crippen molar-refractivity contribution >= 4 is 29.4 Å². The van der Waals surface area contributed by atoms with Crippen LogP contribution in [0.25, 0.3) is 0 Å². The Morgan fingerprint density at radius 2 is 1.90 bits per heavy atom. The highest BCUT2D eigenvalue weighted by molar-refractivity contribution is 6.30. The second-order valence-electron chi connectivity index (χ2n) is 6.23. The van der Waals surface area contributed by atoms with E-state index in [1.165, 1.54) is 12.1 Å². The highest BCUT2D eigenvalue weighted by Gasteiger charge is 2.21. The first-order valence-electron chi connectivity index (χ1n) is 8.99. The monoisotopic (exact) mass is 410 g/mol. The Kier molecular flexibility index (Phi) is 6.46. The lowest BCUT2D eigenvalue weighted by Crippen LogP contribution is -2.16. The minimum Gasteiger partial charge on any atom is -0.478 e. The van der Waals surface area contributed by atoms with Gasteiger partial charge >= 0.3 is 11.9 Å². The van der Waals surface area contributed by atoms with E-state index in [1.54, 1.807) is 55.6 Å². The number of anilines is 1. The number of hydrogen-bond donors (Lipinski definition) is 2. The van der Waals surface area contributed by atoms with Crippen molar-refractivity contribution in [2.45, 2.75) is 19.4 Å². The molecule has 0 radical (unpaired) electrons. The van der Waals surface area contributed by atoms with Gasteiger partial charge in [0.25, 0.3) is 0 Å². The lowest BCUT2D eigenvalue weighted by atomic mass is 9.96. The van der Waals surface area contributed by atoms with Gasteiger partial charge < -0.3 is 15.2 Å². The molecule has 0 fully saturated rings. The van der Waals surface area contributed by atoms with Crippen molar-refractivity contribution in [3.05, 3.63) is 88.6 Å². The van der Waals surface area contributed by atoms with Crippen molar-refractivity contribution in [3.63, 3.8) is 0 Å². The molecule has 2 aromatic carbocycles. The molecule has 0 aliphatic carbocycles. The average molecular weight is 411 g/mol. The Morgan fingerprint density at radius 1 is 1.14 bits per heavy atom. The third kappa shape index (κ3) is 5.12. The minimum absolute atomic E-state index is 0.175. The summed E-state index contributed by atoms with van der Waals surface area (Å²) in [5, 5.41) is 13.0. The van der Waals surface area contributed by atoms with Gasteiger partial charge in [-0.3, -0.25) is 4.79 Å². The first-order chi connectivity index (χ1) is 14.0. The van der Waals surface area contributed by atoms with Crippen molar-refractivity contribution in [1.82, 2.24) is 4.98 Å². The summed E-state index contributed by atoms with van der Waals surface area (Å²) in [5.41, 5.74) is 1.57. The molecule has 0 spiro atoms. The summed E-state index contributed by atoms with van der Waals surface area (Å²) in [4.78, 5) is 27.4. The van der Waals surface area contributed by atoms with Crippen LogP contribution in [0.5, 0.6) is 5.75 Å². The number of hydrogen-bond acceptors (Lipinski definition) is 5. The second kappa shape index (κ2) is 9.21. The van der Waals surface area contributed by atoms with Crippen molar-refractivity contribution < 1.29 is 19.4 Å². The fourth-order valence-corrected chi connectivity index (χ4v) is 2.97. The Morgan fingerprint density at radius 3 is 2.52 bits per heavy atom. The number of carbonyl (C=O) groups excluding carboxylic acids is 1. The molecule has 0 saturated heterocycles. The molecule has 0 amide bonds. The predicted octanol–water partition coefficient (Wildman–Crippen LogP) is 4.95. The lowest BCUT2D eigenvalue weighted by molar-refractivity contribution is -0.134. The largest absolute Gasteiger partial charge is 0.478 e. The Balaban J connectivity index is 2.08. The van der Waals surface area contributed by atoms with E-state index >= 15 is 0 Å². The maximum absolute atomic E-state index is 11.9. The van der Waals surface area contributed by atoms with Gasteiger partial charge in [-0.2, -0.15) is 0 Å². The molecule has 1 atom stereocenters. The summed E-state index contributed by atoms with van der Waals surface area (Å²) in [6.45, 7) is 1.71. The number of nitrogens with zero attached hydrogens (tertiary/aromatic N) is 1. The van der Waals surface area contributed by atoms with Gasteiger partial charge in [0, 0.05) is 23.2 Å². The fraction of sp³-hybridized carbons (Fsp3) is 0.136. The molecule has 1 heterocycles. The van der Waals surface area contributed by atoms with E-state index in [2.05, 4.69) is 10.3 Å². The number of carboxylic acid groups (broad SMARTS) is 1. The number of carbonyl (C=O) groups is 2. The third-order valence-electron chi connectivity index (χ3n) is 4.24. The van der Waals surface area contributed by atoms with Crippen LogP contribution in [0.15, 0.2) is 66.9 Å². The summed E-state index contributed by atoms with van der Waals surface area (Å²) in [6.07, 6.45) is 1.89. The van der Waals surface area contributed by atoms with Crippen LogP contribution in [-0.2, 0) is 4.79 Å². The molecule has 29 heavy (non-hydrogen) atoms. The van der Waals surface area contributed by atoms with E-state index in [0.717, 1.165) is 5.56 Å². The van der Waals surface area contributed by atoms with E-state index < -0.39 is 12.0 Å². The van der Waals surface area contributed by atoms with Crippen molar-refractivity contribution in [2.75, 3.05) is 5.32 Å². The molecule has 0 aliphatic rings. The number of aromatic carboxylic acids is 1. The number of nitrogens with one attached hydrogen (secondary N) is 1. The molecule has 3 rings (SSSR count). The number of rotatable bonds is 7. The zero-order valence-corrected chi connectivity index (χ0v) is 16.4. The van der Waals surface area contributed by atoms with Gasteiger partial charge in [0.05, 0.1) is 11.6 Å². The zero-order chi connectivity index (χ0) is 20.8. The molecule has 148 valence electrons. The van der Waals surface area contributed by atoms with Gasteiger partial charge in [-0.1, -0.05) is 36.7 Å². The third-order valence-corrected chi connectivity index (χ3v) is 4.48. The van der Waals surface area contributed by atoms with Crippen molar-refractivity contribution in [2.24, 2.45) is 0 Å². The van der Waals surface area contributed by atoms with Gasteiger partial charge in [-0.05, 0) is 48.0 Å². The topological polar surface area (TPSA) is 88.5 Å². The highest BCUT2D eigenvalue weighted by atomic mass is 35.5. The molecule has 2 N–H and O–H groups in total. The van der Waals surface area contributed by atoms with Crippen LogP contribution in [0.4, 0.5) is 5.82 Å². The summed E-state index contributed by atoms with van der Waals surface area (Å²) < 4.78 is 5.50. The van der Waals surface area contributed by atoms with E-state index in [4.69, 9.17) is 16.3 Å². The lowest BCUT2D eigenvalue weighted by Gasteiger charge is -2.23. The van der Waals surface area contributed by atoms with Gasteiger partial charge in [0.2, 0.25) is 0 Å². The van der Waals surface area contributed by atoms with E-state index in [0.29, 0.717) is 22.2 Å². The molecule has 6 nitrogen and oxygen atoms in total. The number of pyridine rings is 1. The van der Waals surface area contributed by atoms with Crippen LogP contribution in [0.2, 0.25) is 5.02 Å². The minimum atomic E-state index is -1.01. The maximum atomic E-state index is 11.9. The van der Waals surface area contributed by atoms with Gasteiger partial charge in [0.1, 0.15) is 11.6 Å². The van der Waals surface area contributed by atoms with Crippen LogP contribution >= 0.6 is 11.6 Å². The Hall–Kier alpha value is -3.38. The van der Waals surface area contributed by atoms with Crippen LogP contribution in [0.1, 0.15) is 40.9 Å². The summed E-state index contributed by atoms with van der Waals surface area (Å²) in [5.74, 6) is -0.401. The Bertz CT molecular complexity index is 1010. The summed E-state index contributed by atoms with van der Waals surface area (Å²) in [6, 6.07) is 16.4. The van der Waals surface area contributed by atoms with Crippen molar-refractivity contribution in [3.8, 4) is 5.75 Å². The number of halogens is 1. The average Bonchev–Trinajstić information content (AvgIpc) is 2.74. The summed E-state index contributed by atoms with van der Waals surface area (Å²) in [7, 11) is 0. The molecule has 7 heteroatoms. The quantitative estimate of drug-likeness (QED) is 0.423. The molecule has 0 saturated carbocycles. The maximum Gasteiger partial charge on any atom is 0.335 e. The number of esters is 1. The SMILES string of the molecule is CCC(=O)Oc1ccc(Cl)cc1C(Nc1ccccn1)c1ccc(C(=O)O)cc1. The standard InChI is InChI=1S/C22H19ClN2O4/c1-2-20(26)29-18-11-10-16(23)13-17(18)21(25-19-5-3-4-12-24-19)14-6-8-15(9-7-14)22(27)28/h3-13,21H,2H2,1H3,(H,24,25)(H,27,28). The molecule has 3 aromatic rings. The number of benzene rings is 2. The molecular formula is C22H19ClN2O4. The van der Waals surface area contributed by atoms with Crippen LogP contribution in [0, 0.1) is 0 Å². The normalized spacial score (nSPS) is 11.5. The molecule has 0 bridgehead atoms. The van der Waals surface area contributed by atoms with E-state index in [1.807, 2.05) is 6.07 Å². The van der Waals surface area contributed by atoms with Gasteiger partial charge in [-0.15, -0.1) is 0 Å². The number of ether oxygens (including phenoxy) is 1. The number of aromatic nitrogens is 1.